The summed E-state index contributed by atoms with van der Waals surface area (Å²) in [6, 6.07) is 11.5. The number of para-hydroxylation sites is 1. The molecule has 0 aliphatic heterocycles. The Morgan fingerprint density at radius 1 is 1.17 bits per heavy atom. The lowest BCUT2D eigenvalue weighted by atomic mass is 10.1. The van der Waals surface area contributed by atoms with Crippen molar-refractivity contribution in [3.63, 3.8) is 0 Å². The fourth-order valence-electron chi connectivity index (χ4n) is 3.09. The zero-order chi connectivity index (χ0) is 20.8. The number of aromatic nitrogens is 1. The van der Waals surface area contributed by atoms with E-state index in [0.29, 0.717) is 17.8 Å². The Hall–Kier alpha value is -2.93. The van der Waals surface area contributed by atoms with Crippen molar-refractivity contribution in [2.75, 3.05) is 0 Å². The van der Waals surface area contributed by atoms with Gasteiger partial charge in [-0.05, 0) is 43.5 Å². The molecule has 0 saturated heterocycles. The van der Waals surface area contributed by atoms with Gasteiger partial charge in [0.1, 0.15) is 0 Å². The molecule has 0 radical (unpaired) electrons. The monoisotopic (exact) mass is 412 g/mol. The Morgan fingerprint density at radius 3 is 2.76 bits per heavy atom. The van der Waals surface area contributed by atoms with Crippen molar-refractivity contribution in [2.24, 2.45) is 0 Å². The SMILES string of the molecule is CC(=O)NCc1ccc(C(=O)C(C)OC(=O)CCCc2c[nH]c3ccccc23)s1. The quantitative estimate of drug-likeness (QED) is 0.411. The number of hydrogen-bond donors (Lipinski definition) is 2. The number of benzene rings is 1. The fraction of sp³-hybridized carbons (Fsp3) is 0.318. The van der Waals surface area contributed by atoms with E-state index in [1.807, 2.05) is 24.4 Å². The van der Waals surface area contributed by atoms with Crippen LogP contribution < -0.4 is 5.32 Å². The molecule has 1 aromatic carbocycles. The van der Waals surface area contributed by atoms with Gasteiger partial charge < -0.3 is 15.0 Å². The van der Waals surface area contributed by atoms with Crippen LogP contribution in [0, 0.1) is 0 Å². The van der Waals surface area contributed by atoms with E-state index in [1.165, 1.54) is 23.8 Å². The number of hydrogen-bond acceptors (Lipinski definition) is 5. The third kappa shape index (κ3) is 5.54. The first-order chi connectivity index (χ1) is 13.9. The van der Waals surface area contributed by atoms with Gasteiger partial charge in [0.2, 0.25) is 11.7 Å². The molecule has 0 aliphatic rings. The van der Waals surface area contributed by atoms with Gasteiger partial charge in [0.05, 0.1) is 11.4 Å². The molecular formula is C22H24N2O4S. The van der Waals surface area contributed by atoms with Crippen LogP contribution in [0.1, 0.15) is 46.8 Å². The largest absolute Gasteiger partial charge is 0.454 e. The van der Waals surface area contributed by atoms with Crippen LogP contribution in [0.5, 0.6) is 0 Å². The number of ether oxygens (including phenoxy) is 1. The maximum Gasteiger partial charge on any atom is 0.306 e. The minimum Gasteiger partial charge on any atom is -0.454 e. The van der Waals surface area contributed by atoms with E-state index in [1.54, 1.807) is 19.1 Å². The Labute approximate surface area is 173 Å². The van der Waals surface area contributed by atoms with E-state index in [9.17, 15) is 14.4 Å². The molecule has 1 amide bonds. The maximum absolute atomic E-state index is 12.5. The molecule has 2 N–H and O–H groups in total. The lowest BCUT2D eigenvalue weighted by molar-refractivity contribution is -0.146. The van der Waals surface area contributed by atoms with Gasteiger partial charge in [-0.2, -0.15) is 0 Å². The number of nitrogens with one attached hydrogen (secondary N) is 2. The van der Waals surface area contributed by atoms with Crippen LogP contribution in [-0.4, -0.2) is 28.7 Å². The lowest BCUT2D eigenvalue weighted by Crippen LogP contribution is -2.23. The number of thiophene rings is 1. The minimum atomic E-state index is -0.831. The topological polar surface area (TPSA) is 88.3 Å². The summed E-state index contributed by atoms with van der Waals surface area (Å²) in [5, 5.41) is 3.86. The van der Waals surface area contributed by atoms with Crippen LogP contribution in [0.3, 0.4) is 0 Å². The third-order valence-corrected chi connectivity index (χ3v) is 5.70. The highest BCUT2D eigenvalue weighted by atomic mass is 32.1. The van der Waals surface area contributed by atoms with Crippen LogP contribution in [0.15, 0.2) is 42.6 Å². The van der Waals surface area contributed by atoms with Crippen molar-refractivity contribution in [1.82, 2.24) is 10.3 Å². The highest BCUT2D eigenvalue weighted by Crippen LogP contribution is 2.21. The number of fused-ring (bicyclic) bond motifs is 1. The first-order valence-electron chi connectivity index (χ1n) is 9.56. The van der Waals surface area contributed by atoms with Gasteiger partial charge >= 0.3 is 5.97 Å². The van der Waals surface area contributed by atoms with Crippen LogP contribution in [-0.2, 0) is 27.3 Å². The average molecular weight is 413 g/mol. The number of ketones is 1. The van der Waals surface area contributed by atoms with Crippen molar-refractivity contribution in [1.29, 1.82) is 0 Å². The highest BCUT2D eigenvalue weighted by Gasteiger charge is 2.21. The summed E-state index contributed by atoms with van der Waals surface area (Å²) >= 11 is 1.30. The van der Waals surface area contributed by atoms with Crippen molar-refractivity contribution in [3.05, 3.63) is 57.9 Å². The second-order valence-corrected chi connectivity index (χ2v) is 8.05. The van der Waals surface area contributed by atoms with Gasteiger partial charge in [0.25, 0.3) is 0 Å². The summed E-state index contributed by atoms with van der Waals surface area (Å²) in [6.45, 7) is 3.42. The average Bonchev–Trinajstić information content (AvgIpc) is 3.33. The molecule has 152 valence electrons. The highest BCUT2D eigenvalue weighted by molar-refractivity contribution is 7.14. The van der Waals surface area contributed by atoms with Gasteiger partial charge in [-0.15, -0.1) is 11.3 Å². The maximum atomic E-state index is 12.5. The summed E-state index contributed by atoms with van der Waals surface area (Å²) in [5.41, 5.74) is 2.25. The number of aromatic amines is 1. The molecule has 0 aliphatic carbocycles. The number of rotatable bonds is 9. The zero-order valence-electron chi connectivity index (χ0n) is 16.5. The number of aryl methyl sites for hydroxylation is 1. The molecule has 3 rings (SSSR count). The van der Waals surface area contributed by atoms with E-state index in [-0.39, 0.29) is 24.1 Å². The summed E-state index contributed by atoms with van der Waals surface area (Å²) in [4.78, 5) is 40.2. The fourth-order valence-corrected chi connectivity index (χ4v) is 4.05. The minimum absolute atomic E-state index is 0.124. The Morgan fingerprint density at radius 2 is 1.97 bits per heavy atom. The van der Waals surface area contributed by atoms with Gasteiger partial charge in [0, 0.05) is 35.3 Å². The van der Waals surface area contributed by atoms with Gasteiger partial charge in [-0.25, -0.2) is 0 Å². The second kappa shape index (κ2) is 9.52. The number of esters is 1. The van der Waals surface area contributed by atoms with Gasteiger partial charge in [0.15, 0.2) is 6.10 Å². The van der Waals surface area contributed by atoms with E-state index < -0.39 is 6.10 Å². The summed E-state index contributed by atoms with van der Waals surface area (Å²) < 4.78 is 5.32. The first kappa shape index (κ1) is 20.8. The van der Waals surface area contributed by atoms with E-state index in [0.717, 1.165) is 22.2 Å². The van der Waals surface area contributed by atoms with Crippen LogP contribution in [0.25, 0.3) is 10.9 Å². The molecule has 7 heteroatoms. The Bertz CT molecular complexity index is 1020. The molecule has 0 bridgehead atoms. The zero-order valence-corrected chi connectivity index (χ0v) is 17.3. The van der Waals surface area contributed by atoms with Gasteiger partial charge in [-0.3, -0.25) is 14.4 Å². The van der Waals surface area contributed by atoms with Crippen LogP contribution in [0.4, 0.5) is 0 Å². The number of H-pyrrole nitrogens is 1. The standard InChI is InChI=1S/C22H24N2O4S/c1-14(22(27)20-11-10-17(29-20)13-23-15(2)25)28-21(26)9-5-6-16-12-24-19-8-4-3-7-18(16)19/h3-4,7-8,10-12,14,24H,5-6,9,13H2,1-2H3,(H,23,25). The Kier molecular flexibility index (Phi) is 6.82. The number of amides is 1. The molecule has 29 heavy (non-hydrogen) atoms. The second-order valence-electron chi connectivity index (χ2n) is 6.89. The Balaban J connectivity index is 1.46. The smallest absolute Gasteiger partial charge is 0.306 e. The number of carbonyl (C=O) groups is 3. The predicted molar refractivity (Wildman–Crippen MR) is 113 cm³/mol. The molecule has 0 spiro atoms. The molecule has 1 atom stereocenters. The summed E-state index contributed by atoms with van der Waals surface area (Å²) in [6.07, 6.45) is 2.82. The predicted octanol–water partition coefficient (Wildman–Crippen LogP) is 4.00. The number of carbonyl (C=O) groups excluding carboxylic acids is 3. The van der Waals surface area contributed by atoms with Crippen molar-refractivity contribution in [3.8, 4) is 0 Å². The molecule has 6 nitrogen and oxygen atoms in total. The molecule has 1 unspecified atom stereocenters. The van der Waals surface area contributed by atoms with Crippen LogP contribution in [0.2, 0.25) is 0 Å². The first-order valence-corrected chi connectivity index (χ1v) is 10.4. The van der Waals surface area contributed by atoms with Crippen LogP contribution >= 0.6 is 11.3 Å². The van der Waals surface area contributed by atoms with E-state index in [2.05, 4.69) is 16.4 Å². The molecule has 0 saturated carbocycles. The van der Waals surface area contributed by atoms with Crippen molar-refractivity contribution in [2.45, 2.75) is 45.8 Å². The van der Waals surface area contributed by atoms with Crippen molar-refractivity contribution < 1.29 is 19.1 Å². The van der Waals surface area contributed by atoms with E-state index in [4.69, 9.17) is 4.74 Å². The number of Topliss-reactive ketones (excluding diaryl/α,β-unsaturated/α-hetero) is 1. The molecule has 2 heterocycles. The molecule has 3 aromatic rings. The lowest BCUT2D eigenvalue weighted by Gasteiger charge is -2.11. The molecular weight excluding hydrogens is 388 g/mol. The molecule has 0 fully saturated rings. The van der Waals surface area contributed by atoms with Gasteiger partial charge in [-0.1, -0.05) is 18.2 Å². The summed E-state index contributed by atoms with van der Waals surface area (Å²) in [5.74, 6) is -0.726. The normalized spacial score (nSPS) is 11.9. The summed E-state index contributed by atoms with van der Waals surface area (Å²) in [7, 11) is 0. The molecule has 2 aromatic heterocycles. The van der Waals surface area contributed by atoms with E-state index >= 15 is 0 Å². The third-order valence-electron chi connectivity index (χ3n) is 4.60. The van der Waals surface area contributed by atoms with Crippen molar-refractivity contribution >= 4 is 39.9 Å².